The fraction of sp³-hybridized carbons (Fsp3) is 0.400. The molecular weight excluding hydrogens is 230 g/mol. The molecule has 1 rings (SSSR count). The number of benzene rings is 1. The van der Waals surface area contributed by atoms with Crippen LogP contribution in [0.5, 0.6) is 0 Å². The second-order valence-electron chi connectivity index (χ2n) is 3.06. The molecule has 0 bridgehead atoms. The topological polar surface area (TPSA) is 35.2 Å². The van der Waals surface area contributed by atoms with Gasteiger partial charge in [-0.1, -0.05) is 22.0 Å². The van der Waals surface area contributed by atoms with Crippen LogP contribution in [0.25, 0.3) is 0 Å². The molecule has 0 aliphatic rings. The molecule has 0 saturated carbocycles. The molecule has 0 spiro atoms. The second kappa shape index (κ2) is 4.74. The van der Waals surface area contributed by atoms with Crippen molar-refractivity contribution < 1.29 is 4.74 Å². The molecule has 0 saturated heterocycles. The van der Waals surface area contributed by atoms with Gasteiger partial charge in [0.15, 0.2) is 0 Å². The van der Waals surface area contributed by atoms with Gasteiger partial charge in [-0.3, -0.25) is 0 Å². The van der Waals surface area contributed by atoms with Gasteiger partial charge in [0.2, 0.25) is 0 Å². The van der Waals surface area contributed by atoms with E-state index < -0.39 is 0 Å². The molecule has 3 heteroatoms. The molecule has 0 aliphatic carbocycles. The molecule has 0 aliphatic heterocycles. The number of aryl methyl sites for hydroxylation is 1. The Morgan fingerprint density at radius 2 is 2.23 bits per heavy atom. The van der Waals surface area contributed by atoms with E-state index in [4.69, 9.17) is 10.5 Å². The van der Waals surface area contributed by atoms with E-state index in [0.717, 1.165) is 10.0 Å². The van der Waals surface area contributed by atoms with Crippen molar-refractivity contribution in [1.29, 1.82) is 0 Å². The van der Waals surface area contributed by atoms with E-state index in [0.29, 0.717) is 6.61 Å². The van der Waals surface area contributed by atoms with Gasteiger partial charge in [-0.2, -0.15) is 0 Å². The normalized spacial score (nSPS) is 12.9. The Hall–Kier alpha value is -0.380. The van der Waals surface area contributed by atoms with Crippen LogP contribution in [-0.2, 0) is 4.74 Å². The first-order chi connectivity index (χ1) is 6.15. The van der Waals surface area contributed by atoms with Crippen LogP contribution in [0.15, 0.2) is 22.7 Å². The highest BCUT2D eigenvalue weighted by atomic mass is 79.9. The Kier molecular flexibility index (Phi) is 3.90. The molecule has 72 valence electrons. The number of methoxy groups -OCH3 is 1. The van der Waals surface area contributed by atoms with Crippen LogP contribution < -0.4 is 5.73 Å². The van der Waals surface area contributed by atoms with E-state index in [1.54, 1.807) is 7.11 Å². The number of rotatable bonds is 3. The molecule has 2 nitrogen and oxygen atoms in total. The van der Waals surface area contributed by atoms with Crippen molar-refractivity contribution in [2.24, 2.45) is 5.73 Å². The molecule has 13 heavy (non-hydrogen) atoms. The summed E-state index contributed by atoms with van der Waals surface area (Å²) in [5.41, 5.74) is 8.27. The first-order valence-electron chi connectivity index (χ1n) is 4.15. The summed E-state index contributed by atoms with van der Waals surface area (Å²) in [6.07, 6.45) is 0. The lowest BCUT2D eigenvalue weighted by molar-refractivity contribution is 0.180. The third kappa shape index (κ3) is 2.79. The van der Waals surface area contributed by atoms with Crippen LogP contribution in [-0.4, -0.2) is 13.7 Å². The van der Waals surface area contributed by atoms with Gasteiger partial charge in [0.05, 0.1) is 12.6 Å². The molecule has 0 amide bonds. The predicted molar refractivity (Wildman–Crippen MR) is 57.7 cm³/mol. The summed E-state index contributed by atoms with van der Waals surface area (Å²) >= 11 is 3.42. The third-order valence-corrected chi connectivity index (χ3v) is 2.48. The number of halogens is 1. The zero-order valence-corrected chi connectivity index (χ0v) is 9.47. The van der Waals surface area contributed by atoms with Crippen molar-refractivity contribution in [3.05, 3.63) is 33.8 Å². The van der Waals surface area contributed by atoms with E-state index in [1.165, 1.54) is 5.56 Å². The zero-order valence-electron chi connectivity index (χ0n) is 7.88. The first kappa shape index (κ1) is 10.7. The van der Waals surface area contributed by atoms with Gasteiger partial charge < -0.3 is 10.5 Å². The number of hydrogen-bond acceptors (Lipinski definition) is 2. The molecule has 0 radical (unpaired) electrons. The fourth-order valence-electron chi connectivity index (χ4n) is 1.28. The van der Waals surface area contributed by atoms with Crippen LogP contribution in [0.2, 0.25) is 0 Å². The van der Waals surface area contributed by atoms with Crippen LogP contribution in [0, 0.1) is 6.92 Å². The van der Waals surface area contributed by atoms with Gasteiger partial charge >= 0.3 is 0 Å². The molecule has 0 unspecified atom stereocenters. The summed E-state index contributed by atoms with van der Waals surface area (Å²) in [7, 11) is 1.66. The number of nitrogens with two attached hydrogens (primary N) is 1. The van der Waals surface area contributed by atoms with Gasteiger partial charge in [-0.15, -0.1) is 0 Å². The summed E-state index contributed by atoms with van der Waals surface area (Å²) in [6, 6.07) is 6.06. The average Bonchev–Trinajstić information content (AvgIpc) is 2.09. The Morgan fingerprint density at radius 3 is 2.85 bits per heavy atom. The first-order valence-corrected chi connectivity index (χ1v) is 4.95. The standard InChI is InChI=1S/C10H14BrNO/c1-7-3-4-8(11)5-9(7)10(12)6-13-2/h3-5,10H,6,12H2,1-2H3/t10-/m1/s1. The summed E-state index contributed by atoms with van der Waals surface area (Å²) in [5.74, 6) is 0. The highest BCUT2D eigenvalue weighted by Gasteiger charge is 2.08. The molecule has 0 heterocycles. The molecular formula is C10H14BrNO. The SMILES string of the molecule is COC[C@@H](N)c1cc(Br)ccc1C. The van der Waals surface area contributed by atoms with Crippen LogP contribution >= 0.6 is 15.9 Å². The summed E-state index contributed by atoms with van der Waals surface area (Å²) in [4.78, 5) is 0. The average molecular weight is 244 g/mol. The lowest BCUT2D eigenvalue weighted by Gasteiger charge is -2.13. The summed E-state index contributed by atoms with van der Waals surface area (Å²) in [5, 5.41) is 0. The van der Waals surface area contributed by atoms with Crippen molar-refractivity contribution in [1.82, 2.24) is 0 Å². The predicted octanol–water partition coefficient (Wildman–Crippen LogP) is 2.40. The van der Waals surface area contributed by atoms with Crippen molar-refractivity contribution >= 4 is 15.9 Å². The Bertz CT molecular complexity index is 288. The maximum Gasteiger partial charge on any atom is 0.0655 e. The van der Waals surface area contributed by atoms with Crippen molar-refractivity contribution in [3.63, 3.8) is 0 Å². The maximum absolute atomic E-state index is 5.93. The number of hydrogen-bond donors (Lipinski definition) is 1. The van der Waals surface area contributed by atoms with Crippen molar-refractivity contribution in [2.45, 2.75) is 13.0 Å². The van der Waals surface area contributed by atoms with Gasteiger partial charge in [0, 0.05) is 11.6 Å². The quantitative estimate of drug-likeness (QED) is 0.886. The lowest BCUT2D eigenvalue weighted by Crippen LogP contribution is -2.17. The summed E-state index contributed by atoms with van der Waals surface area (Å²) in [6.45, 7) is 2.61. The van der Waals surface area contributed by atoms with E-state index in [9.17, 15) is 0 Å². The van der Waals surface area contributed by atoms with Crippen molar-refractivity contribution in [2.75, 3.05) is 13.7 Å². The molecule has 1 atom stereocenters. The second-order valence-corrected chi connectivity index (χ2v) is 3.98. The monoisotopic (exact) mass is 243 g/mol. The molecule has 1 aromatic carbocycles. The van der Waals surface area contributed by atoms with E-state index in [2.05, 4.69) is 28.9 Å². The van der Waals surface area contributed by atoms with Gasteiger partial charge in [0.1, 0.15) is 0 Å². The van der Waals surface area contributed by atoms with Gasteiger partial charge in [-0.05, 0) is 30.2 Å². The smallest absolute Gasteiger partial charge is 0.0655 e. The minimum absolute atomic E-state index is 0.0394. The molecule has 1 aromatic rings. The van der Waals surface area contributed by atoms with E-state index in [1.807, 2.05) is 12.1 Å². The maximum atomic E-state index is 5.93. The largest absolute Gasteiger partial charge is 0.383 e. The van der Waals surface area contributed by atoms with Crippen LogP contribution in [0.3, 0.4) is 0 Å². The minimum atomic E-state index is -0.0394. The van der Waals surface area contributed by atoms with Crippen LogP contribution in [0.1, 0.15) is 17.2 Å². The Labute approximate surface area is 87.2 Å². The highest BCUT2D eigenvalue weighted by Crippen LogP contribution is 2.20. The number of ether oxygens (including phenoxy) is 1. The van der Waals surface area contributed by atoms with Crippen LogP contribution in [0.4, 0.5) is 0 Å². The zero-order chi connectivity index (χ0) is 9.84. The summed E-state index contributed by atoms with van der Waals surface area (Å²) < 4.78 is 6.07. The Balaban J connectivity index is 2.91. The fourth-order valence-corrected chi connectivity index (χ4v) is 1.66. The minimum Gasteiger partial charge on any atom is -0.383 e. The highest BCUT2D eigenvalue weighted by molar-refractivity contribution is 9.10. The Morgan fingerprint density at radius 1 is 1.54 bits per heavy atom. The van der Waals surface area contributed by atoms with Crippen molar-refractivity contribution in [3.8, 4) is 0 Å². The molecule has 0 aromatic heterocycles. The van der Waals surface area contributed by atoms with Gasteiger partial charge in [-0.25, -0.2) is 0 Å². The lowest BCUT2D eigenvalue weighted by atomic mass is 10.0. The molecule has 2 N–H and O–H groups in total. The van der Waals surface area contributed by atoms with E-state index >= 15 is 0 Å². The molecule has 0 fully saturated rings. The third-order valence-electron chi connectivity index (χ3n) is 1.99. The van der Waals surface area contributed by atoms with E-state index in [-0.39, 0.29) is 6.04 Å². The van der Waals surface area contributed by atoms with Gasteiger partial charge in [0.25, 0.3) is 0 Å².